The molecule has 6 nitrogen and oxygen atoms in total. The Morgan fingerprint density at radius 3 is 2.59 bits per heavy atom. The van der Waals surface area contributed by atoms with Gasteiger partial charge in [-0.15, -0.1) is 11.3 Å². The van der Waals surface area contributed by atoms with Crippen molar-refractivity contribution in [3.8, 4) is 0 Å². The predicted molar refractivity (Wildman–Crippen MR) is 105 cm³/mol. The molecule has 3 rings (SSSR count). The highest BCUT2D eigenvalue weighted by Gasteiger charge is 2.27. The summed E-state index contributed by atoms with van der Waals surface area (Å²) < 4.78 is 4.54. The molecular weight excluding hydrogens is 364 g/mol. The van der Waals surface area contributed by atoms with E-state index in [9.17, 15) is 14.4 Å². The van der Waals surface area contributed by atoms with E-state index in [1.165, 1.54) is 18.4 Å². The number of carbonyl (C=O) groups excluding carboxylic acids is 3. The lowest BCUT2D eigenvalue weighted by Crippen LogP contribution is -2.31. The van der Waals surface area contributed by atoms with Crippen LogP contribution in [0.1, 0.15) is 56.0 Å². The molecular formula is C20H22N2O4S. The Balaban J connectivity index is 1.95. The monoisotopic (exact) mass is 386 g/mol. The summed E-state index contributed by atoms with van der Waals surface area (Å²) in [6.07, 6.45) is 3.95. The average Bonchev–Trinajstić information content (AvgIpc) is 2.82. The van der Waals surface area contributed by atoms with Gasteiger partial charge in [0.2, 0.25) is 0 Å². The molecule has 0 radical (unpaired) electrons. The van der Waals surface area contributed by atoms with Crippen LogP contribution in [0.2, 0.25) is 0 Å². The summed E-state index contributed by atoms with van der Waals surface area (Å²) in [5, 5.41) is 5.57. The van der Waals surface area contributed by atoms with Gasteiger partial charge >= 0.3 is 6.09 Å². The van der Waals surface area contributed by atoms with Crippen LogP contribution < -0.4 is 10.6 Å². The van der Waals surface area contributed by atoms with Gasteiger partial charge < -0.3 is 10.1 Å². The fourth-order valence-corrected chi connectivity index (χ4v) is 4.52. The number of anilines is 1. The molecule has 0 spiro atoms. The Morgan fingerprint density at radius 2 is 1.85 bits per heavy atom. The highest BCUT2D eigenvalue weighted by Crippen LogP contribution is 2.37. The van der Waals surface area contributed by atoms with Gasteiger partial charge in [0.15, 0.2) is 0 Å². The molecule has 1 aliphatic carbocycles. The number of imide groups is 1. The maximum atomic E-state index is 12.7. The van der Waals surface area contributed by atoms with E-state index in [2.05, 4.69) is 15.4 Å². The summed E-state index contributed by atoms with van der Waals surface area (Å²) in [5.41, 5.74) is 2.81. The highest BCUT2D eigenvalue weighted by atomic mass is 32.1. The van der Waals surface area contributed by atoms with E-state index in [1.54, 1.807) is 12.1 Å². The minimum Gasteiger partial charge on any atom is -0.453 e. The highest BCUT2D eigenvalue weighted by molar-refractivity contribution is 7.17. The molecule has 27 heavy (non-hydrogen) atoms. The molecule has 0 atom stereocenters. The van der Waals surface area contributed by atoms with Crippen LogP contribution >= 0.6 is 11.3 Å². The van der Waals surface area contributed by atoms with Crippen LogP contribution in [-0.4, -0.2) is 25.0 Å². The van der Waals surface area contributed by atoms with Gasteiger partial charge in [0.05, 0.1) is 12.7 Å². The first-order valence-electron chi connectivity index (χ1n) is 8.91. The van der Waals surface area contributed by atoms with Gasteiger partial charge in [-0.05, 0) is 50.3 Å². The number of rotatable bonds is 3. The molecule has 2 aromatic rings. The van der Waals surface area contributed by atoms with Gasteiger partial charge in [0.25, 0.3) is 11.8 Å². The summed E-state index contributed by atoms with van der Waals surface area (Å²) in [6, 6.07) is 7.26. The second kappa shape index (κ2) is 8.35. The number of thiophene rings is 1. The molecule has 1 aromatic heterocycles. The van der Waals surface area contributed by atoms with Crippen molar-refractivity contribution < 1.29 is 19.1 Å². The molecule has 1 heterocycles. The zero-order valence-electron chi connectivity index (χ0n) is 15.4. The number of ether oxygens (including phenoxy) is 1. The molecule has 0 saturated heterocycles. The summed E-state index contributed by atoms with van der Waals surface area (Å²) in [5.74, 6) is -0.817. The summed E-state index contributed by atoms with van der Waals surface area (Å²) in [4.78, 5) is 38.0. The largest absolute Gasteiger partial charge is 0.453 e. The van der Waals surface area contributed by atoms with Crippen LogP contribution in [0.5, 0.6) is 0 Å². The van der Waals surface area contributed by atoms with Crippen LogP contribution in [0.25, 0.3) is 0 Å². The molecule has 0 fully saturated rings. The molecule has 7 heteroatoms. The van der Waals surface area contributed by atoms with E-state index in [0.717, 1.165) is 48.1 Å². The first kappa shape index (κ1) is 19.1. The van der Waals surface area contributed by atoms with Crippen molar-refractivity contribution in [1.29, 1.82) is 0 Å². The third-order valence-corrected chi connectivity index (χ3v) is 5.76. The van der Waals surface area contributed by atoms with Gasteiger partial charge in [0, 0.05) is 10.4 Å². The molecule has 1 aromatic carbocycles. The Labute approximate surface area is 161 Å². The second-order valence-electron chi connectivity index (χ2n) is 6.54. The van der Waals surface area contributed by atoms with Crippen LogP contribution in [0, 0.1) is 6.92 Å². The number of amides is 3. The SMILES string of the molecule is COC(=O)NC(=O)c1c(NC(=O)c2cccc(C)c2)sc2c1CCCCC2. The van der Waals surface area contributed by atoms with Crippen molar-refractivity contribution >= 4 is 34.2 Å². The van der Waals surface area contributed by atoms with Crippen LogP contribution in [0.15, 0.2) is 24.3 Å². The number of aryl methyl sites for hydroxylation is 2. The maximum Gasteiger partial charge on any atom is 0.413 e. The Morgan fingerprint density at radius 1 is 1.07 bits per heavy atom. The first-order valence-corrected chi connectivity index (χ1v) is 9.73. The topological polar surface area (TPSA) is 84.5 Å². The van der Waals surface area contributed by atoms with E-state index < -0.39 is 12.0 Å². The van der Waals surface area contributed by atoms with Gasteiger partial charge in [-0.2, -0.15) is 0 Å². The number of benzene rings is 1. The van der Waals surface area contributed by atoms with Crippen molar-refractivity contribution in [2.75, 3.05) is 12.4 Å². The molecule has 0 aliphatic heterocycles. The number of carbonyl (C=O) groups is 3. The normalized spacial score (nSPS) is 13.3. The quantitative estimate of drug-likeness (QED) is 0.779. The van der Waals surface area contributed by atoms with Crippen molar-refractivity contribution in [3.63, 3.8) is 0 Å². The number of alkyl carbamates (subject to hydrolysis) is 1. The lowest BCUT2D eigenvalue weighted by molar-refractivity contribution is 0.0937. The average molecular weight is 386 g/mol. The fraction of sp³-hybridized carbons (Fsp3) is 0.350. The summed E-state index contributed by atoms with van der Waals surface area (Å²) in [6.45, 7) is 1.92. The molecule has 2 N–H and O–H groups in total. The van der Waals surface area contributed by atoms with Crippen LogP contribution in [0.4, 0.5) is 9.80 Å². The zero-order valence-corrected chi connectivity index (χ0v) is 16.2. The van der Waals surface area contributed by atoms with Gasteiger partial charge in [-0.1, -0.05) is 24.1 Å². The third kappa shape index (κ3) is 4.36. The first-order chi connectivity index (χ1) is 13.0. The van der Waals surface area contributed by atoms with E-state index in [4.69, 9.17) is 0 Å². The molecule has 0 saturated carbocycles. The smallest absolute Gasteiger partial charge is 0.413 e. The van der Waals surface area contributed by atoms with E-state index in [-0.39, 0.29) is 5.91 Å². The Bertz CT molecular complexity index is 888. The van der Waals surface area contributed by atoms with Crippen molar-refractivity contribution in [2.24, 2.45) is 0 Å². The van der Waals surface area contributed by atoms with Crippen molar-refractivity contribution in [2.45, 2.75) is 39.0 Å². The standard InChI is InChI=1S/C20H22N2O4S/c1-12-7-6-8-13(11-12)17(23)21-19-16(18(24)22-20(25)26-2)14-9-4-3-5-10-15(14)27-19/h6-8,11H,3-5,9-10H2,1-2H3,(H,21,23)(H,22,24,25). The molecule has 3 amide bonds. The molecule has 1 aliphatic rings. The predicted octanol–water partition coefficient (Wildman–Crippen LogP) is 4.07. The van der Waals surface area contributed by atoms with Gasteiger partial charge in [-0.3, -0.25) is 14.9 Å². The second-order valence-corrected chi connectivity index (χ2v) is 7.64. The minimum absolute atomic E-state index is 0.276. The van der Waals surface area contributed by atoms with Gasteiger partial charge in [-0.25, -0.2) is 4.79 Å². The maximum absolute atomic E-state index is 12.7. The summed E-state index contributed by atoms with van der Waals surface area (Å²) >= 11 is 1.42. The number of nitrogens with one attached hydrogen (secondary N) is 2. The van der Waals surface area contributed by atoms with E-state index in [0.29, 0.717) is 16.1 Å². The minimum atomic E-state index is -0.815. The molecule has 142 valence electrons. The zero-order chi connectivity index (χ0) is 19.4. The lowest BCUT2D eigenvalue weighted by atomic mass is 10.0. The van der Waals surface area contributed by atoms with E-state index >= 15 is 0 Å². The van der Waals surface area contributed by atoms with E-state index in [1.807, 2.05) is 19.1 Å². The van der Waals surface area contributed by atoms with Crippen LogP contribution in [0.3, 0.4) is 0 Å². The Kier molecular flexibility index (Phi) is 5.91. The fourth-order valence-electron chi connectivity index (χ4n) is 3.24. The number of hydrogen-bond acceptors (Lipinski definition) is 5. The van der Waals surface area contributed by atoms with Crippen molar-refractivity contribution in [3.05, 3.63) is 51.4 Å². The Hall–Kier alpha value is -2.67. The number of methoxy groups -OCH3 is 1. The number of fused-ring (bicyclic) bond motifs is 1. The third-order valence-electron chi connectivity index (χ3n) is 4.56. The number of hydrogen-bond donors (Lipinski definition) is 2. The summed E-state index contributed by atoms with van der Waals surface area (Å²) in [7, 11) is 1.21. The molecule has 0 bridgehead atoms. The molecule has 0 unspecified atom stereocenters. The van der Waals surface area contributed by atoms with Crippen molar-refractivity contribution in [1.82, 2.24) is 5.32 Å². The van der Waals surface area contributed by atoms with Crippen LogP contribution in [-0.2, 0) is 17.6 Å². The lowest BCUT2D eigenvalue weighted by Gasteiger charge is -2.09. The van der Waals surface area contributed by atoms with Gasteiger partial charge in [0.1, 0.15) is 5.00 Å².